The maximum atomic E-state index is 3.76. The van der Waals surface area contributed by atoms with Gasteiger partial charge < -0.3 is 15.1 Å². The fraction of sp³-hybridized carbons (Fsp3) is 1.00. The van der Waals surface area contributed by atoms with Crippen LogP contribution in [0.2, 0.25) is 0 Å². The van der Waals surface area contributed by atoms with E-state index < -0.39 is 0 Å². The fourth-order valence-corrected chi connectivity index (χ4v) is 2.93. The molecule has 18 heavy (non-hydrogen) atoms. The van der Waals surface area contributed by atoms with Crippen molar-refractivity contribution in [1.82, 2.24) is 15.1 Å². The highest BCUT2D eigenvalue weighted by Crippen LogP contribution is 2.27. The average molecular weight is 255 g/mol. The molecule has 0 aromatic carbocycles. The Bertz CT molecular complexity index is 216. The molecule has 1 rings (SSSR count). The summed E-state index contributed by atoms with van der Waals surface area (Å²) in [5.74, 6) is 0.886. The molecule has 0 saturated heterocycles. The van der Waals surface area contributed by atoms with E-state index in [0.717, 1.165) is 25.0 Å². The van der Waals surface area contributed by atoms with E-state index in [1.165, 1.54) is 32.2 Å². The average Bonchev–Trinajstić information content (AvgIpc) is 2.34. The number of likely N-dealkylation sites (N-methyl/N-ethyl adjacent to an activating group) is 2. The Kier molecular flexibility index (Phi) is 7.20. The standard InChI is InChI=1S/C15H33N3/c1-6-9-16-14-8-7-13(2)12-15(14)18(5)11-10-17(3)4/h13-16H,6-12H2,1-5H3. The van der Waals surface area contributed by atoms with Crippen LogP contribution in [0.5, 0.6) is 0 Å². The third kappa shape index (κ3) is 5.25. The molecular formula is C15H33N3. The molecule has 0 spiro atoms. The summed E-state index contributed by atoms with van der Waals surface area (Å²) in [7, 11) is 6.61. The Labute approximate surface area is 114 Å². The van der Waals surface area contributed by atoms with Gasteiger partial charge in [-0.3, -0.25) is 0 Å². The number of hydrogen-bond donors (Lipinski definition) is 1. The lowest BCUT2D eigenvalue weighted by Gasteiger charge is -2.41. The van der Waals surface area contributed by atoms with Gasteiger partial charge in [-0.1, -0.05) is 13.8 Å². The first-order valence-electron chi connectivity index (χ1n) is 7.63. The molecule has 0 amide bonds. The SMILES string of the molecule is CCCNC1CCC(C)CC1N(C)CCN(C)C. The van der Waals surface area contributed by atoms with E-state index in [1.54, 1.807) is 0 Å². The Balaban J connectivity index is 2.48. The molecule has 0 aliphatic heterocycles. The van der Waals surface area contributed by atoms with Gasteiger partial charge in [0.05, 0.1) is 0 Å². The molecular weight excluding hydrogens is 222 g/mol. The van der Waals surface area contributed by atoms with Crippen molar-refractivity contribution < 1.29 is 0 Å². The molecule has 0 aromatic rings. The van der Waals surface area contributed by atoms with Crippen LogP contribution in [-0.2, 0) is 0 Å². The van der Waals surface area contributed by atoms with Crippen molar-refractivity contribution in [1.29, 1.82) is 0 Å². The van der Waals surface area contributed by atoms with E-state index >= 15 is 0 Å². The summed E-state index contributed by atoms with van der Waals surface area (Å²) in [6, 6.07) is 1.42. The summed E-state index contributed by atoms with van der Waals surface area (Å²) in [5.41, 5.74) is 0. The first kappa shape index (κ1) is 15.9. The van der Waals surface area contributed by atoms with Crippen molar-refractivity contribution in [3.8, 4) is 0 Å². The Morgan fingerprint density at radius 1 is 1.11 bits per heavy atom. The molecule has 0 aromatic heterocycles. The van der Waals surface area contributed by atoms with Crippen LogP contribution in [0, 0.1) is 5.92 Å². The fourth-order valence-electron chi connectivity index (χ4n) is 2.93. The second-order valence-electron chi connectivity index (χ2n) is 6.33. The number of nitrogens with zero attached hydrogens (tertiary/aromatic N) is 2. The predicted octanol–water partition coefficient (Wildman–Crippen LogP) is 2.04. The van der Waals surface area contributed by atoms with E-state index in [0.29, 0.717) is 6.04 Å². The Hall–Kier alpha value is -0.120. The highest BCUT2D eigenvalue weighted by molar-refractivity contribution is 4.89. The molecule has 3 nitrogen and oxygen atoms in total. The largest absolute Gasteiger partial charge is 0.312 e. The second kappa shape index (κ2) is 8.13. The maximum Gasteiger partial charge on any atom is 0.0249 e. The van der Waals surface area contributed by atoms with Crippen LogP contribution in [0.4, 0.5) is 0 Å². The molecule has 1 N–H and O–H groups in total. The van der Waals surface area contributed by atoms with Gasteiger partial charge in [0.1, 0.15) is 0 Å². The number of nitrogens with one attached hydrogen (secondary N) is 1. The first-order valence-corrected chi connectivity index (χ1v) is 7.63. The van der Waals surface area contributed by atoms with Crippen molar-refractivity contribution in [2.75, 3.05) is 40.8 Å². The maximum absolute atomic E-state index is 3.76. The van der Waals surface area contributed by atoms with Crippen molar-refractivity contribution in [3.05, 3.63) is 0 Å². The zero-order chi connectivity index (χ0) is 13.5. The van der Waals surface area contributed by atoms with E-state index in [9.17, 15) is 0 Å². The summed E-state index contributed by atoms with van der Waals surface area (Å²) in [6.07, 6.45) is 5.32. The van der Waals surface area contributed by atoms with Gasteiger partial charge in [-0.05, 0) is 59.3 Å². The Morgan fingerprint density at radius 3 is 2.44 bits per heavy atom. The first-order chi connectivity index (χ1) is 8.54. The van der Waals surface area contributed by atoms with Gasteiger partial charge in [0.2, 0.25) is 0 Å². The molecule has 0 heterocycles. The summed E-state index contributed by atoms with van der Waals surface area (Å²) >= 11 is 0. The van der Waals surface area contributed by atoms with Crippen LogP contribution in [0.3, 0.4) is 0 Å². The van der Waals surface area contributed by atoms with Crippen molar-refractivity contribution in [3.63, 3.8) is 0 Å². The third-order valence-corrected chi connectivity index (χ3v) is 4.20. The second-order valence-corrected chi connectivity index (χ2v) is 6.33. The molecule has 0 bridgehead atoms. The highest BCUT2D eigenvalue weighted by Gasteiger charge is 2.30. The van der Waals surface area contributed by atoms with Crippen LogP contribution < -0.4 is 5.32 Å². The van der Waals surface area contributed by atoms with Gasteiger partial charge in [-0.25, -0.2) is 0 Å². The minimum absolute atomic E-state index is 0.702. The summed E-state index contributed by atoms with van der Waals surface area (Å²) in [5, 5.41) is 3.76. The topological polar surface area (TPSA) is 18.5 Å². The van der Waals surface area contributed by atoms with Crippen molar-refractivity contribution in [2.24, 2.45) is 5.92 Å². The monoisotopic (exact) mass is 255 g/mol. The van der Waals surface area contributed by atoms with Gasteiger partial charge in [0.25, 0.3) is 0 Å². The zero-order valence-electron chi connectivity index (χ0n) is 13.1. The minimum atomic E-state index is 0.702. The Morgan fingerprint density at radius 2 is 1.83 bits per heavy atom. The van der Waals surface area contributed by atoms with Crippen molar-refractivity contribution in [2.45, 2.75) is 51.6 Å². The van der Waals surface area contributed by atoms with Crippen molar-refractivity contribution >= 4 is 0 Å². The third-order valence-electron chi connectivity index (χ3n) is 4.20. The summed E-state index contributed by atoms with van der Waals surface area (Å²) < 4.78 is 0. The molecule has 108 valence electrons. The van der Waals surface area contributed by atoms with Crippen LogP contribution in [0.1, 0.15) is 39.5 Å². The molecule has 1 fully saturated rings. The molecule has 1 saturated carbocycles. The smallest absolute Gasteiger partial charge is 0.0249 e. The van der Waals surface area contributed by atoms with Gasteiger partial charge in [-0.2, -0.15) is 0 Å². The molecule has 3 heteroatoms. The number of rotatable bonds is 7. The molecule has 3 atom stereocenters. The van der Waals surface area contributed by atoms with Gasteiger partial charge in [0, 0.05) is 25.2 Å². The number of hydrogen-bond acceptors (Lipinski definition) is 3. The minimum Gasteiger partial charge on any atom is -0.312 e. The normalized spacial score (nSPS) is 29.2. The lowest BCUT2D eigenvalue weighted by Crippen LogP contribution is -2.53. The molecule has 0 radical (unpaired) electrons. The molecule has 1 aliphatic carbocycles. The molecule has 3 unspecified atom stereocenters. The lowest BCUT2D eigenvalue weighted by molar-refractivity contribution is 0.117. The van der Waals surface area contributed by atoms with Crippen LogP contribution >= 0.6 is 0 Å². The van der Waals surface area contributed by atoms with E-state index in [2.05, 4.69) is 50.1 Å². The van der Waals surface area contributed by atoms with Gasteiger partial charge in [-0.15, -0.1) is 0 Å². The highest BCUT2D eigenvalue weighted by atomic mass is 15.2. The van der Waals surface area contributed by atoms with Gasteiger partial charge >= 0.3 is 0 Å². The molecule has 1 aliphatic rings. The van der Waals surface area contributed by atoms with Gasteiger partial charge in [0.15, 0.2) is 0 Å². The van der Waals surface area contributed by atoms with E-state index in [1.807, 2.05) is 0 Å². The summed E-state index contributed by atoms with van der Waals surface area (Å²) in [6.45, 7) is 8.15. The zero-order valence-corrected chi connectivity index (χ0v) is 13.1. The lowest BCUT2D eigenvalue weighted by atomic mass is 9.82. The summed E-state index contributed by atoms with van der Waals surface area (Å²) in [4.78, 5) is 4.85. The van der Waals surface area contributed by atoms with Crippen LogP contribution in [0.15, 0.2) is 0 Å². The van der Waals surface area contributed by atoms with E-state index in [4.69, 9.17) is 0 Å². The van der Waals surface area contributed by atoms with Crippen LogP contribution in [-0.4, -0.2) is 62.7 Å². The van der Waals surface area contributed by atoms with Crippen LogP contribution in [0.25, 0.3) is 0 Å². The quantitative estimate of drug-likeness (QED) is 0.751. The van der Waals surface area contributed by atoms with E-state index in [-0.39, 0.29) is 0 Å². The predicted molar refractivity (Wildman–Crippen MR) is 80.1 cm³/mol.